The van der Waals surface area contributed by atoms with E-state index in [1.807, 2.05) is 0 Å². The van der Waals surface area contributed by atoms with Gasteiger partial charge in [-0.15, -0.1) is 0 Å². The van der Waals surface area contributed by atoms with E-state index in [0.717, 1.165) is 25.2 Å². The molecule has 3 fully saturated rings. The van der Waals surface area contributed by atoms with E-state index in [2.05, 4.69) is 29.2 Å². The van der Waals surface area contributed by atoms with Crippen molar-refractivity contribution in [1.82, 2.24) is 4.90 Å². The van der Waals surface area contributed by atoms with Crippen molar-refractivity contribution >= 4 is 5.78 Å². The van der Waals surface area contributed by atoms with Gasteiger partial charge >= 0.3 is 0 Å². The van der Waals surface area contributed by atoms with Gasteiger partial charge in [-0.25, -0.2) is 0 Å². The van der Waals surface area contributed by atoms with E-state index >= 15 is 0 Å². The van der Waals surface area contributed by atoms with Gasteiger partial charge in [0.25, 0.3) is 0 Å². The van der Waals surface area contributed by atoms with E-state index in [-0.39, 0.29) is 5.41 Å². The number of nitrogens with zero attached hydrogens (tertiary/aromatic N) is 1. The zero-order valence-electron chi connectivity index (χ0n) is 14.0. The monoisotopic (exact) mass is 309 g/mol. The molecule has 0 unspecified atom stereocenters. The molecule has 0 N–H and O–H groups in total. The molecule has 2 nitrogen and oxygen atoms in total. The first-order chi connectivity index (χ1) is 11.3. The number of Topliss-reactive ketones (excluding diaryl/α,β-unsaturated/α-hetero) is 1. The Morgan fingerprint density at radius 3 is 2.87 bits per heavy atom. The summed E-state index contributed by atoms with van der Waals surface area (Å²) < 4.78 is 0. The maximum absolute atomic E-state index is 12.3. The average molecular weight is 309 g/mol. The Morgan fingerprint density at radius 2 is 2.04 bits per heavy atom. The Kier molecular flexibility index (Phi) is 3.20. The number of benzene rings is 1. The number of hydrogen-bond acceptors (Lipinski definition) is 2. The lowest BCUT2D eigenvalue weighted by molar-refractivity contribution is -0.127. The predicted molar refractivity (Wildman–Crippen MR) is 91.5 cm³/mol. The van der Waals surface area contributed by atoms with Gasteiger partial charge < -0.3 is 0 Å². The first kappa shape index (κ1) is 14.2. The number of rotatable bonds is 2. The number of fused-ring (bicyclic) bond motifs is 1. The van der Waals surface area contributed by atoms with Crippen molar-refractivity contribution in [3.05, 3.63) is 35.4 Å². The van der Waals surface area contributed by atoms with Crippen molar-refractivity contribution in [2.45, 2.75) is 62.8 Å². The summed E-state index contributed by atoms with van der Waals surface area (Å²) >= 11 is 0. The standard InChI is InChI=1S/C21H27NO/c23-17-8-9-19-20-12-16-6-1-2-7-18(16)21(19,13-17)10-11-22(20)14-15-4-3-5-15/h1-2,6-7,15,19-20H,3-5,8-14H2/t19-,20-,21-/m0/s1. The lowest BCUT2D eigenvalue weighted by atomic mass is 9.52. The maximum Gasteiger partial charge on any atom is 0.133 e. The normalized spacial score (nSPS) is 37.0. The van der Waals surface area contributed by atoms with Gasteiger partial charge in [-0.1, -0.05) is 30.7 Å². The number of carbonyl (C=O) groups excluding carboxylic acids is 1. The second-order valence-corrected chi connectivity index (χ2v) is 8.49. The molecule has 1 aliphatic heterocycles. The average Bonchev–Trinajstić information content (AvgIpc) is 2.52. The number of piperidine rings is 1. The molecule has 1 aromatic carbocycles. The summed E-state index contributed by atoms with van der Waals surface area (Å²) in [4.78, 5) is 15.1. The number of carbonyl (C=O) groups is 1. The van der Waals surface area contributed by atoms with Crippen LogP contribution < -0.4 is 0 Å². The SMILES string of the molecule is O=C1CC[C@H]2[C@@H]3Cc4ccccc4[C@]2(CCN3CC2CCC2)C1. The van der Waals surface area contributed by atoms with Crippen LogP contribution in [-0.4, -0.2) is 29.8 Å². The highest BCUT2D eigenvalue weighted by molar-refractivity contribution is 5.81. The fourth-order valence-electron chi connectivity index (χ4n) is 6.11. The first-order valence-corrected chi connectivity index (χ1v) is 9.60. The fraction of sp³-hybridized carbons (Fsp3) is 0.667. The van der Waals surface area contributed by atoms with Gasteiger partial charge in [-0.3, -0.25) is 9.69 Å². The molecule has 4 aliphatic rings. The molecule has 122 valence electrons. The molecule has 23 heavy (non-hydrogen) atoms. The molecule has 0 aromatic heterocycles. The van der Waals surface area contributed by atoms with Gasteiger partial charge in [-0.2, -0.15) is 0 Å². The third-order valence-corrected chi connectivity index (χ3v) is 7.44. The van der Waals surface area contributed by atoms with Crippen molar-refractivity contribution in [3.63, 3.8) is 0 Å². The van der Waals surface area contributed by atoms with Gasteiger partial charge in [-0.05, 0) is 61.6 Å². The van der Waals surface area contributed by atoms with Crippen molar-refractivity contribution < 1.29 is 4.79 Å². The van der Waals surface area contributed by atoms with E-state index in [9.17, 15) is 4.79 Å². The van der Waals surface area contributed by atoms with E-state index in [1.165, 1.54) is 56.3 Å². The molecule has 0 spiro atoms. The summed E-state index contributed by atoms with van der Waals surface area (Å²) in [6, 6.07) is 9.72. The van der Waals surface area contributed by atoms with Gasteiger partial charge in [0.1, 0.15) is 5.78 Å². The second-order valence-electron chi connectivity index (χ2n) is 8.49. The summed E-state index contributed by atoms with van der Waals surface area (Å²) in [5.74, 6) is 2.16. The predicted octanol–water partition coefficient (Wildman–Crippen LogP) is 3.72. The smallest absolute Gasteiger partial charge is 0.133 e. The Morgan fingerprint density at radius 1 is 1.17 bits per heavy atom. The molecule has 5 rings (SSSR count). The van der Waals surface area contributed by atoms with E-state index in [4.69, 9.17) is 0 Å². The number of likely N-dealkylation sites (tertiary alicyclic amines) is 1. The summed E-state index contributed by atoms with van der Waals surface area (Å²) in [5, 5.41) is 0. The summed E-state index contributed by atoms with van der Waals surface area (Å²) in [7, 11) is 0. The van der Waals surface area contributed by atoms with Crippen molar-refractivity contribution in [1.29, 1.82) is 0 Å². The zero-order valence-corrected chi connectivity index (χ0v) is 14.0. The lowest BCUT2D eigenvalue weighted by Crippen LogP contribution is -2.62. The fourth-order valence-corrected chi connectivity index (χ4v) is 6.11. The van der Waals surface area contributed by atoms with E-state index < -0.39 is 0 Å². The Labute approximate surface area is 139 Å². The van der Waals surface area contributed by atoms with Crippen LogP contribution in [0.25, 0.3) is 0 Å². The number of ketones is 1. The Balaban J connectivity index is 1.54. The zero-order chi connectivity index (χ0) is 15.4. The van der Waals surface area contributed by atoms with Gasteiger partial charge in [0.15, 0.2) is 0 Å². The molecule has 2 bridgehead atoms. The van der Waals surface area contributed by atoms with Crippen LogP contribution in [0.2, 0.25) is 0 Å². The van der Waals surface area contributed by atoms with E-state index in [0.29, 0.717) is 17.7 Å². The summed E-state index contributed by atoms with van der Waals surface area (Å²) in [6.07, 6.45) is 9.48. The summed E-state index contributed by atoms with van der Waals surface area (Å²) in [5.41, 5.74) is 3.23. The third kappa shape index (κ3) is 2.07. The van der Waals surface area contributed by atoms with Crippen LogP contribution in [0.3, 0.4) is 0 Å². The van der Waals surface area contributed by atoms with Crippen LogP contribution in [0.5, 0.6) is 0 Å². The molecule has 0 radical (unpaired) electrons. The molecule has 1 saturated heterocycles. The van der Waals surface area contributed by atoms with Crippen LogP contribution in [-0.2, 0) is 16.6 Å². The highest BCUT2D eigenvalue weighted by Gasteiger charge is 2.55. The molecule has 2 saturated carbocycles. The highest BCUT2D eigenvalue weighted by atomic mass is 16.1. The Hall–Kier alpha value is -1.15. The topological polar surface area (TPSA) is 20.3 Å². The molecule has 3 atom stereocenters. The molecular weight excluding hydrogens is 282 g/mol. The van der Waals surface area contributed by atoms with Crippen molar-refractivity contribution in [2.75, 3.05) is 13.1 Å². The van der Waals surface area contributed by atoms with Crippen LogP contribution in [0.4, 0.5) is 0 Å². The molecule has 3 aliphatic carbocycles. The van der Waals surface area contributed by atoms with E-state index in [1.54, 1.807) is 0 Å². The molecule has 0 amide bonds. The van der Waals surface area contributed by atoms with Crippen LogP contribution >= 0.6 is 0 Å². The maximum atomic E-state index is 12.3. The van der Waals surface area contributed by atoms with Crippen molar-refractivity contribution in [3.8, 4) is 0 Å². The molecule has 1 heterocycles. The van der Waals surface area contributed by atoms with Crippen LogP contribution in [0.15, 0.2) is 24.3 Å². The second kappa shape index (κ2) is 5.17. The summed E-state index contributed by atoms with van der Waals surface area (Å²) in [6.45, 7) is 2.52. The Bertz CT molecular complexity index is 634. The van der Waals surface area contributed by atoms with Crippen LogP contribution in [0, 0.1) is 11.8 Å². The quantitative estimate of drug-likeness (QED) is 0.830. The minimum absolute atomic E-state index is 0.172. The molecule has 2 heteroatoms. The molecule has 1 aromatic rings. The highest BCUT2D eigenvalue weighted by Crippen LogP contribution is 2.55. The van der Waals surface area contributed by atoms with Gasteiger partial charge in [0.05, 0.1) is 0 Å². The first-order valence-electron chi connectivity index (χ1n) is 9.60. The van der Waals surface area contributed by atoms with Gasteiger partial charge in [0.2, 0.25) is 0 Å². The minimum Gasteiger partial charge on any atom is -0.300 e. The van der Waals surface area contributed by atoms with Crippen molar-refractivity contribution in [2.24, 2.45) is 11.8 Å². The van der Waals surface area contributed by atoms with Crippen LogP contribution in [0.1, 0.15) is 56.1 Å². The van der Waals surface area contributed by atoms with Gasteiger partial charge in [0, 0.05) is 30.8 Å². The largest absolute Gasteiger partial charge is 0.300 e. The lowest BCUT2D eigenvalue weighted by Gasteiger charge is -2.59. The number of hydrogen-bond donors (Lipinski definition) is 0. The minimum atomic E-state index is 0.172. The third-order valence-electron chi connectivity index (χ3n) is 7.44. The molecular formula is C21H27NO.